The lowest BCUT2D eigenvalue weighted by atomic mass is 10.1. The standard InChI is InChI=1S/C20H18N6O3/c27-17-6-5-15(20-23-18(25-29-20)13-7-9-21-10-8-13)11-26(17)12-16-22-19(28-24-16)14-3-1-2-4-14/h5-11,14H,1-4,12H2. The van der Waals surface area contributed by atoms with Crippen LogP contribution in [0.25, 0.3) is 22.8 Å². The van der Waals surface area contributed by atoms with Gasteiger partial charge < -0.3 is 13.6 Å². The molecular formula is C20H18N6O3. The van der Waals surface area contributed by atoms with Gasteiger partial charge in [-0.2, -0.15) is 9.97 Å². The lowest BCUT2D eigenvalue weighted by molar-refractivity contribution is 0.349. The van der Waals surface area contributed by atoms with Crippen LogP contribution in [0, 0.1) is 0 Å². The van der Waals surface area contributed by atoms with E-state index in [4.69, 9.17) is 9.05 Å². The molecule has 1 fully saturated rings. The maximum absolute atomic E-state index is 12.3. The molecule has 29 heavy (non-hydrogen) atoms. The Morgan fingerprint density at radius 1 is 0.966 bits per heavy atom. The van der Waals surface area contributed by atoms with Gasteiger partial charge >= 0.3 is 0 Å². The van der Waals surface area contributed by atoms with Gasteiger partial charge in [0.05, 0.1) is 12.1 Å². The van der Waals surface area contributed by atoms with Gasteiger partial charge in [-0.3, -0.25) is 9.78 Å². The molecule has 5 rings (SSSR count). The number of nitrogens with zero attached hydrogens (tertiary/aromatic N) is 6. The fourth-order valence-corrected chi connectivity index (χ4v) is 3.56. The van der Waals surface area contributed by atoms with Gasteiger partial charge in [0.15, 0.2) is 5.82 Å². The molecule has 4 aromatic rings. The van der Waals surface area contributed by atoms with Gasteiger partial charge in [-0.05, 0) is 31.0 Å². The zero-order valence-corrected chi connectivity index (χ0v) is 15.6. The molecule has 1 saturated carbocycles. The summed E-state index contributed by atoms with van der Waals surface area (Å²) in [5, 5.41) is 8.05. The van der Waals surface area contributed by atoms with Crippen molar-refractivity contribution in [2.75, 3.05) is 0 Å². The van der Waals surface area contributed by atoms with E-state index in [-0.39, 0.29) is 12.1 Å². The second kappa shape index (κ2) is 7.42. The third-order valence-corrected chi connectivity index (χ3v) is 5.09. The highest BCUT2D eigenvalue weighted by Gasteiger charge is 2.23. The Morgan fingerprint density at radius 3 is 2.62 bits per heavy atom. The van der Waals surface area contributed by atoms with Crippen molar-refractivity contribution in [2.24, 2.45) is 0 Å². The number of pyridine rings is 2. The normalized spacial score (nSPS) is 14.5. The van der Waals surface area contributed by atoms with Crippen LogP contribution in [0.1, 0.15) is 43.3 Å². The average Bonchev–Trinajstić information content (AvgIpc) is 3.52. The molecule has 0 aromatic carbocycles. The van der Waals surface area contributed by atoms with E-state index in [9.17, 15) is 4.79 Å². The highest BCUT2D eigenvalue weighted by molar-refractivity contribution is 5.58. The maximum atomic E-state index is 12.3. The summed E-state index contributed by atoms with van der Waals surface area (Å²) in [6.07, 6.45) is 9.53. The molecule has 0 unspecified atom stereocenters. The third-order valence-electron chi connectivity index (χ3n) is 5.09. The van der Waals surface area contributed by atoms with Crippen LogP contribution in [0.4, 0.5) is 0 Å². The smallest absolute Gasteiger partial charge is 0.259 e. The van der Waals surface area contributed by atoms with Crippen LogP contribution >= 0.6 is 0 Å². The molecule has 0 aliphatic heterocycles. The molecule has 0 spiro atoms. The Balaban J connectivity index is 1.39. The van der Waals surface area contributed by atoms with Crippen molar-refractivity contribution in [3.8, 4) is 22.8 Å². The second-order valence-corrected chi connectivity index (χ2v) is 7.07. The van der Waals surface area contributed by atoms with Crippen molar-refractivity contribution in [3.05, 3.63) is 64.9 Å². The van der Waals surface area contributed by atoms with E-state index in [1.54, 1.807) is 36.8 Å². The van der Waals surface area contributed by atoms with E-state index in [0.29, 0.717) is 34.9 Å². The van der Waals surface area contributed by atoms with Crippen molar-refractivity contribution in [3.63, 3.8) is 0 Å². The molecule has 0 amide bonds. The summed E-state index contributed by atoms with van der Waals surface area (Å²) in [5.74, 6) is 2.27. The van der Waals surface area contributed by atoms with Crippen LogP contribution in [0.2, 0.25) is 0 Å². The molecule has 0 N–H and O–H groups in total. The van der Waals surface area contributed by atoms with Crippen molar-refractivity contribution >= 4 is 0 Å². The lowest BCUT2D eigenvalue weighted by Crippen LogP contribution is -2.19. The van der Waals surface area contributed by atoms with E-state index in [0.717, 1.165) is 18.4 Å². The Bertz CT molecular complexity index is 1170. The topological polar surface area (TPSA) is 113 Å². The zero-order chi connectivity index (χ0) is 19.6. The number of hydrogen-bond donors (Lipinski definition) is 0. The summed E-state index contributed by atoms with van der Waals surface area (Å²) < 4.78 is 12.3. The Hall–Kier alpha value is -3.62. The molecule has 4 aromatic heterocycles. The van der Waals surface area contributed by atoms with Crippen LogP contribution in [0.3, 0.4) is 0 Å². The third kappa shape index (κ3) is 3.58. The maximum Gasteiger partial charge on any atom is 0.259 e. The second-order valence-electron chi connectivity index (χ2n) is 7.07. The highest BCUT2D eigenvalue weighted by atomic mass is 16.5. The van der Waals surface area contributed by atoms with Gasteiger partial charge in [-0.25, -0.2) is 0 Å². The summed E-state index contributed by atoms with van der Waals surface area (Å²) in [7, 11) is 0. The fourth-order valence-electron chi connectivity index (χ4n) is 3.56. The first-order valence-corrected chi connectivity index (χ1v) is 9.54. The summed E-state index contributed by atoms with van der Waals surface area (Å²) in [4.78, 5) is 25.2. The van der Waals surface area contributed by atoms with E-state index in [1.807, 2.05) is 0 Å². The molecule has 1 aliphatic carbocycles. The van der Waals surface area contributed by atoms with Gasteiger partial charge in [0.25, 0.3) is 11.4 Å². The predicted molar refractivity (Wildman–Crippen MR) is 102 cm³/mol. The van der Waals surface area contributed by atoms with Crippen molar-refractivity contribution in [1.82, 2.24) is 29.8 Å². The minimum absolute atomic E-state index is 0.171. The van der Waals surface area contributed by atoms with E-state index in [2.05, 4.69) is 25.3 Å². The van der Waals surface area contributed by atoms with E-state index >= 15 is 0 Å². The lowest BCUT2D eigenvalue weighted by Gasteiger charge is -2.03. The molecule has 4 heterocycles. The Kier molecular flexibility index (Phi) is 4.47. The number of hydrogen-bond acceptors (Lipinski definition) is 8. The van der Waals surface area contributed by atoms with Crippen molar-refractivity contribution < 1.29 is 9.05 Å². The predicted octanol–water partition coefficient (Wildman–Crippen LogP) is 3.05. The summed E-state index contributed by atoms with van der Waals surface area (Å²) in [6.45, 7) is 0.217. The van der Waals surface area contributed by atoms with E-state index in [1.165, 1.54) is 23.5 Å². The fraction of sp³-hybridized carbons (Fsp3) is 0.300. The highest BCUT2D eigenvalue weighted by Crippen LogP contribution is 2.32. The van der Waals surface area contributed by atoms with Gasteiger partial charge in [0, 0.05) is 36.1 Å². The Labute approximate surface area is 165 Å². The summed E-state index contributed by atoms with van der Waals surface area (Å²) in [6, 6.07) is 6.72. The average molecular weight is 390 g/mol. The largest absolute Gasteiger partial charge is 0.339 e. The van der Waals surface area contributed by atoms with Gasteiger partial charge in [-0.15, -0.1) is 0 Å². The molecular weight excluding hydrogens is 372 g/mol. The summed E-state index contributed by atoms with van der Waals surface area (Å²) in [5.41, 5.74) is 1.27. The molecule has 0 radical (unpaired) electrons. The minimum Gasteiger partial charge on any atom is -0.339 e. The van der Waals surface area contributed by atoms with Gasteiger partial charge in [-0.1, -0.05) is 23.2 Å². The van der Waals surface area contributed by atoms with Crippen molar-refractivity contribution in [2.45, 2.75) is 38.1 Å². The van der Waals surface area contributed by atoms with Crippen LogP contribution in [-0.4, -0.2) is 29.8 Å². The minimum atomic E-state index is -0.171. The molecule has 1 aliphatic rings. The first-order valence-electron chi connectivity index (χ1n) is 9.54. The Morgan fingerprint density at radius 2 is 1.79 bits per heavy atom. The molecule has 146 valence electrons. The quantitative estimate of drug-likeness (QED) is 0.511. The first-order chi connectivity index (χ1) is 14.3. The van der Waals surface area contributed by atoms with Crippen molar-refractivity contribution in [1.29, 1.82) is 0 Å². The number of aromatic nitrogens is 6. The summed E-state index contributed by atoms with van der Waals surface area (Å²) >= 11 is 0. The molecule has 0 saturated heterocycles. The molecule has 9 nitrogen and oxygen atoms in total. The molecule has 0 bridgehead atoms. The SMILES string of the molecule is O=c1ccc(-c2nc(-c3ccncc3)no2)cn1Cc1noc(C2CCCC2)n1. The zero-order valence-electron chi connectivity index (χ0n) is 15.6. The van der Waals surface area contributed by atoms with Gasteiger partial charge in [0.2, 0.25) is 11.7 Å². The molecule has 9 heteroatoms. The van der Waals surface area contributed by atoms with Crippen LogP contribution in [-0.2, 0) is 6.54 Å². The number of rotatable bonds is 5. The molecule has 0 atom stereocenters. The van der Waals surface area contributed by atoms with Crippen LogP contribution in [0.5, 0.6) is 0 Å². The van der Waals surface area contributed by atoms with E-state index < -0.39 is 0 Å². The monoisotopic (exact) mass is 390 g/mol. The van der Waals surface area contributed by atoms with Gasteiger partial charge in [0.1, 0.15) is 0 Å². The van der Waals surface area contributed by atoms with Crippen LogP contribution in [0.15, 0.2) is 56.7 Å². The van der Waals surface area contributed by atoms with Crippen LogP contribution < -0.4 is 5.56 Å². The first kappa shape index (κ1) is 17.5.